The van der Waals surface area contributed by atoms with Crippen LogP contribution >= 0.6 is 11.3 Å². The number of hydrogen-bond donors (Lipinski definition) is 1. The zero-order valence-corrected chi connectivity index (χ0v) is 15.8. The van der Waals surface area contributed by atoms with E-state index in [0.29, 0.717) is 29.1 Å². The van der Waals surface area contributed by atoms with Gasteiger partial charge in [0, 0.05) is 24.6 Å². The first kappa shape index (κ1) is 19.1. The maximum atomic E-state index is 12.5. The van der Waals surface area contributed by atoms with Crippen LogP contribution in [-0.2, 0) is 4.74 Å². The van der Waals surface area contributed by atoms with Crippen molar-refractivity contribution in [1.82, 2.24) is 9.97 Å². The molecule has 0 bridgehead atoms. The highest BCUT2D eigenvalue weighted by molar-refractivity contribution is 7.13. The molecule has 0 saturated heterocycles. The Morgan fingerprint density at radius 3 is 2.44 bits per heavy atom. The van der Waals surface area contributed by atoms with E-state index in [2.05, 4.69) is 15.3 Å². The molecule has 0 unspecified atom stereocenters. The summed E-state index contributed by atoms with van der Waals surface area (Å²) < 4.78 is 16.4. The number of aryl methyl sites for hydroxylation is 1. The van der Waals surface area contributed by atoms with Gasteiger partial charge in [-0.25, -0.2) is 4.98 Å². The first-order valence-electron chi connectivity index (χ1n) is 7.95. The van der Waals surface area contributed by atoms with E-state index in [-0.39, 0.29) is 18.1 Å². The third-order valence-corrected chi connectivity index (χ3v) is 3.84. The van der Waals surface area contributed by atoms with Gasteiger partial charge in [0.05, 0.1) is 24.0 Å². The van der Waals surface area contributed by atoms with Crippen LogP contribution in [0.25, 0.3) is 0 Å². The average molecular weight is 365 g/mol. The first-order valence-corrected chi connectivity index (χ1v) is 8.83. The Morgan fingerprint density at radius 1 is 1.20 bits per heavy atom. The van der Waals surface area contributed by atoms with Crippen LogP contribution in [-0.4, -0.2) is 41.8 Å². The van der Waals surface area contributed by atoms with Crippen LogP contribution in [0.4, 0.5) is 5.13 Å². The predicted molar refractivity (Wildman–Crippen MR) is 96.8 cm³/mol. The van der Waals surface area contributed by atoms with Gasteiger partial charge in [-0.15, -0.1) is 11.3 Å². The van der Waals surface area contributed by atoms with E-state index < -0.39 is 0 Å². The van der Waals surface area contributed by atoms with E-state index >= 15 is 0 Å². The Kier molecular flexibility index (Phi) is 6.72. The van der Waals surface area contributed by atoms with Crippen molar-refractivity contribution in [2.24, 2.45) is 0 Å². The van der Waals surface area contributed by atoms with Crippen molar-refractivity contribution in [3.63, 3.8) is 0 Å². The molecule has 0 saturated carbocycles. The fourth-order valence-corrected chi connectivity index (χ4v) is 2.71. The van der Waals surface area contributed by atoms with Crippen molar-refractivity contribution < 1.29 is 19.0 Å². The minimum Gasteiger partial charge on any atom is -0.475 e. The molecule has 0 fully saturated rings. The molecule has 2 heterocycles. The van der Waals surface area contributed by atoms with Crippen LogP contribution in [0.2, 0.25) is 0 Å². The highest BCUT2D eigenvalue weighted by atomic mass is 32.1. The number of amides is 1. The summed E-state index contributed by atoms with van der Waals surface area (Å²) in [6.07, 6.45) is -0.277. The molecule has 0 aromatic carbocycles. The molecule has 1 atom stereocenters. The standard InChI is InChI=1S/C17H23N3O4S/c1-10(2)23-14-6-13(7-15(19-14)24-12(4)8-22-5)16(21)20-17-18-11(3)9-25-17/h6-7,9-10,12H,8H2,1-5H3,(H,18,20,21)/t12-/m1/s1. The van der Waals surface area contributed by atoms with Gasteiger partial charge in [-0.1, -0.05) is 0 Å². The minimum atomic E-state index is -0.297. The van der Waals surface area contributed by atoms with E-state index in [4.69, 9.17) is 14.2 Å². The SMILES string of the molecule is COC[C@@H](C)Oc1cc(C(=O)Nc2nc(C)cs2)cc(OC(C)C)n1. The maximum Gasteiger partial charge on any atom is 0.257 e. The Hall–Kier alpha value is -2.19. The second-order valence-corrected chi connectivity index (χ2v) is 6.69. The lowest BCUT2D eigenvalue weighted by Crippen LogP contribution is -2.20. The number of nitrogens with one attached hydrogen (secondary N) is 1. The lowest BCUT2D eigenvalue weighted by atomic mass is 10.2. The number of pyridine rings is 1. The lowest BCUT2D eigenvalue weighted by molar-refractivity contribution is 0.0876. The summed E-state index contributed by atoms with van der Waals surface area (Å²) in [5.74, 6) is 0.343. The van der Waals surface area contributed by atoms with Crippen LogP contribution in [0, 0.1) is 6.92 Å². The lowest BCUT2D eigenvalue weighted by Gasteiger charge is -2.16. The Labute approximate surface area is 151 Å². The van der Waals surface area contributed by atoms with Gasteiger partial charge in [0.15, 0.2) is 5.13 Å². The van der Waals surface area contributed by atoms with Gasteiger partial charge >= 0.3 is 0 Å². The van der Waals surface area contributed by atoms with Crippen molar-refractivity contribution in [3.8, 4) is 11.8 Å². The summed E-state index contributed by atoms with van der Waals surface area (Å²) >= 11 is 1.37. The number of thiazole rings is 1. The average Bonchev–Trinajstić information content (AvgIpc) is 2.91. The number of carbonyl (C=O) groups excluding carboxylic acids is 1. The first-order chi connectivity index (χ1) is 11.9. The third-order valence-electron chi connectivity index (χ3n) is 2.96. The van der Waals surface area contributed by atoms with Gasteiger partial charge in [0.25, 0.3) is 5.91 Å². The van der Waals surface area contributed by atoms with E-state index in [1.54, 1.807) is 19.2 Å². The molecule has 2 aromatic rings. The largest absolute Gasteiger partial charge is 0.475 e. The number of aromatic nitrogens is 2. The number of ether oxygens (including phenoxy) is 3. The molecule has 1 N–H and O–H groups in total. The Morgan fingerprint density at radius 2 is 1.88 bits per heavy atom. The topological polar surface area (TPSA) is 82.6 Å². The zero-order chi connectivity index (χ0) is 18.4. The number of anilines is 1. The maximum absolute atomic E-state index is 12.5. The fourth-order valence-electron chi connectivity index (χ4n) is 2.03. The highest BCUT2D eigenvalue weighted by Crippen LogP contribution is 2.22. The van der Waals surface area contributed by atoms with Gasteiger partial charge in [-0.3, -0.25) is 10.1 Å². The number of nitrogens with zero attached hydrogens (tertiary/aromatic N) is 2. The molecule has 25 heavy (non-hydrogen) atoms. The van der Waals surface area contributed by atoms with Crippen molar-refractivity contribution in [3.05, 3.63) is 28.8 Å². The number of rotatable bonds is 8. The third kappa shape index (κ3) is 5.99. The van der Waals surface area contributed by atoms with Crippen LogP contribution in [0.3, 0.4) is 0 Å². The van der Waals surface area contributed by atoms with E-state index in [1.165, 1.54) is 11.3 Å². The van der Waals surface area contributed by atoms with E-state index in [0.717, 1.165) is 5.69 Å². The zero-order valence-electron chi connectivity index (χ0n) is 15.0. The molecule has 2 aromatic heterocycles. The van der Waals surface area contributed by atoms with Crippen LogP contribution in [0.1, 0.15) is 36.8 Å². The smallest absolute Gasteiger partial charge is 0.257 e. The van der Waals surface area contributed by atoms with Gasteiger partial charge < -0.3 is 14.2 Å². The van der Waals surface area contributed by atoms with E-state index in [1.807, 2.05) is 33.1 Å². The molecule has 0 aliphatic carbocycles. The quantitative estimate of drug-likeness (QED) is 0.773. The summed E-state index contributed by atoms with van der Waals surface area (Å²) in [5, 5.41) is 5.18. The van der Waals surface area contributed by atoms with Crippen molar-refractivity contribution >= 4 is 22.4 Å². The van der Waals surface area contributed by atoms with Crippen LogP contribution in [0.5, 0.6) is 11.8 Å². The summed E-state index contributed by atoms with van der Waals surface area (Å²) in [5.41, 5.74) is 1.24. The van der Waals surface area contributed by atoms with Crippen LogP contribution in [0.15, 0.2) is 17.5 Å². The van der Waals surface area contributed by atoms with Gasteiger partial charge in [-0.2, -0.15) is 4.98 Å². The van der Waals surface area contributed by atoms with Gasteiger partial charge in [0.1, 0.15) is 6.10 Å². The molecular weight excluding hydrogens is 342 g/mol. The molecule has 0 radical (unpaired) electrons. The Balaban J connectivity index is 2.23. The van der Waals surface area contributed by atoms with Crippen molar-refractivity contribution in [2.75, 3.05) is 19.0 Å². The second kappa shape index (κ2) is 8.77. The van der Waals surface area contributed by atoms with Gasteiger partial charge in [-0.05, 0) is 27.7 Å². The normalized spacial score (nSPS) is 12.1. The molecule has 0 spiro atoms. The monoisotopic (exact) mass is 365 g/mol. The second-order valence-electron chi connectivity index (χ2n) is 5.83. The van der Waals surface area contributed by atoms with E-state index in [9.17, 15) is 4.79 Å². The van der Waals surface area contributed by atoms with Crippen molar-refractivity contribution in [2.45, 2.75) is 39.9 Å². The molecule has 2 rings (SSSR count). The molecule has 0 aliphatic heterocycles. The predicted octanol–water partition coefficient (Wildman–Crippen LogP) is 3.30. The summed E-state index contributed by atoms with van der Waals surface area (Å²) in [7, 11) is 1.60. The minimum absolute atomic E-state index is 0.0725. The van der Waals surface area contributed by atoms with Crippen molar-refractivity contribution in [1.29, 1.82) is 0 Å². The Bertz CT molecular complexity index is 718. The number of methoxy groups -OCH3 is 1. The summed E-state index contributed by atoms with van der Waals surface area (Å²) in [6.45, 7) is 7.92. The summed E-state index contributed by atoms with van der Waals surface area (Å²) in [6, 6.07) is 3.17. The fraction of sp³-hybridized carbons (Fsp3) is 0.471. The number of carbonyl (C=O) groups is 1. The molecule has 7 nitrogen and oxygen atoms in total. The van der Waals surface area contributed by atoms with Crippen LogP contribution < -0.4 is 14.8 Å². The van der Waals surface area contributed by atoms with Gasteiger partial charge in [0.2, 0.25) is 11.8 Å². The molecule has 8 heteroatoms. The summed E-state index contributed by atoms with van der Waals surface area (Å²) in [4.78, 5) is 21.0. The number of hydrogen-bond acceptors (Lipinski definition) is 7. The highest BCUT2D eigenvalue weighted by Gasteiger charge is 2.15. The molecule has 0 aliphatic rings. The molecule has 136 valence electrons. The molecule has 1 amide bonds. The molecular formula is C17H23N3O4S.